The molecular formula is C16H12N2O2. The Labute approximate surface area is 115 Å². The fourth-order valence-corrected chi connectivity index (χ4v) is 3.23. The summed E-state index contributed by atoms with van der Waals surface area (Å²) in [6, 6.07) is 13.2. The van der Waals surface area contributed by atoms with Crippen LogP contribution in [0.5, 0.6) is 0 Å². The molecule has 0 aromatic heterocycles. The average Bonchev–Trinajstić information content (AvgIpc) is 2.88. The number of carbonyl (C=O) groups is 2. The van der Waals surface area contributed by atoms with Crippen LogP contribution in [0, 0.1) is 6.92 Å². The van der Waals surface area contributed by atoms with Crippen molar-refractivity contribution in [2.75, 3.05) is 0 Å². The number of amides is 3. The van der Waals surface area contributed by atoms with Gasteiger partial charge in [-0.1, -0.05) is 48.0 Å². The molecule has 0 bridgehead atoms. The van der Waals surface area contributed by atoms with Gasteiger partial charge in [0, 0.05) is 0 Å². The molecule has 4 heteroatoms. The van der Waals surface area contributed by atoms with Gasteiger partial charge in [0.1, 0.15) is 0 Å². The minimum atomic E-state index is -1.07. The van der Waals surface area contributed by atoms with Gasteiger partial charge in [0.05, 0.1) is 0 Å². The van der Waals surface area contributed by atoms with Gasteiger partial charge in [-0.15, -0.1) is 0 Å². The number of hydrogen-bond acceptors (Lipinski definition) is 2. The van der Waals surface area contributed by atoms with Crippen molar-refractivity contribution in [1.29, 1.82) is 0 Å². The molecule has 1 saturated heterocycles. The maximum atomic E-state index is 12.4. The van der Waals surface area contributed by atoms with Gasteiger partial charge in [0.15, 0.2) is 5.54 Å². The first-order chi connectivity index (χ1) is 9.63. The Bertz CT molecular complexity index is 782. The van der Waals surface area contributed by atoms with Gasteiger partial charge in [-0.25, -0.2) is 4.79 Å². The Kier molecular flexibility index (Phi) is 1.95. The summed E-state index contributed by atoms with van der Waals surface area (Å²) in [5.41, 5.74) is 3.75. The van der Waals surface area contributed by atoms with Crippen LogP contribution in [0.25, 0.3) is 11.1 Å². The summed E-state index contributed by atoms with van der Waals surface area (Å²) in [6.45, 7) is 2.02. The molecule has 4 rings (SSSR count). The van der Waals surface area contributed by atoms with Gasteiger partial charge in [0.25, 0.3) is 5.91 Å². The molecule has 1 heterocycles. The Morgan fingerprint density at radius 1 is 0.950 bits per heavy atom. The van der Waals surface area contributed by atoms with Crippen molar-refractivity contribution in [3.05, 3.63) is 59.2 Å². The van der Waals surface area contributed by atoms with E-state index in [2.05, 4.69) is 16.7 Å². The molecule has 20 heavy (non-hydrogen) atoms. The van der Waals surface area contributed by atoms with Crippen molar-refractivity contribution in [2.45, 2.75) is 12.5 Å². The zero-order valence-electron chi connectivity index (χ0n) is 10.9. The SMILES string of the molecule is Cc1ccc2c(c1)-c1ccccc1C21NC(=O)NC1=O. The van der Waals surface area contributed by atoms with Crippen LogP contribution in [0.1, 0.15) is 16.7 Å². The summed E-state index contributed by atoms with van der Waals surface area (Å²) in [7, 11) is 0. The number of carbonyl (C=O) groups excluding carboxylic acids is 2. The molecule has 2 aliphatic rings. The molecule has 1 unspecified atom stereocenters. The molecule has 0 saturated carbocycles. The summed E-state index contributed by atoms with van der Waals surface area (Å²) < 4.78 is 0. The second-order valence-electron chi connectivity index (χ2n) is 5.25. The smallest absolute Gasteiger partial charge is 0.316 e. The molecule has 1 spiro atoms. The van der Waals surface area contributed by atoms with E-state index in [9.17, 15) is 9.59 Å². The van der Waals surface area contributed by atoms with E-state index in [0.29, 0.717) is 0 Å². The first-order valence-corrected chi connectivity index (χ1v) is 6.47. The van der Waals surface area contributed by atoms with Crippen LogP contribution >= 0.6 is 0 Å². The Hall–Kier alpha value is -2.62. The third-order valence-electron chi connectivity index (χ3n) is 4.07. The number of nitrogens with one attached hydrogen (secondary N) is 2. The van der Waals surface area contributed by atoms with Crippen LogP contribution in [0.15, 0.2) is 42.5 Å². The van der Waals surface area contributed by atoms with E-state index in [1.807, 2.05) is 43.3 Å². The zero-order chi connectivity index (χ0) is 13.9. The Morgan fingerprint density at radius 2 is 1.70 bits per heavy atom. The highest BCUT2D eigenvalue weighted by atomic mass is 16.2. The highest BCUT2D eigenvalue weighted by Crippen LogP contribution is 2.48. The minimum absolute atomic E-state index is 0.308. The van der Waals surface area contributed by atoms with Crippen molar-refractivity contribution in [3.63, 3.8) is 0 Å². The number of hydrogen-bond donors (Lipinski definition) is 2. The highest BCUT2D eigenvalue weighted by Gasteiger charge is 2.54. The molecule has 3 amide bonds. The van der Waals surface area contributed by atoms with Crippen molar-refractivity contribution in [1.82, 2.24) is 10.6 Å². The summed E-state index contributed by atoms with van der Waals surface area (Å²) in [4.78, 5) is 24.1. The summed E-state index contributed by atoms with van der Waals surface area (Å²) in [5, 5.41) is 5.17. The largest absolute Gasteiger partial charge is 0.322 e. The minimum Gasteiger partial charge on any atom is -0.316 e. The van der Waals surface area contributed by atoms with Crippen molar-refractivity contribution in [2.24, 2.45) is 0 Å². The van der Waals surface area contributed by atoms with Gasteiger partial charge in [-0.2, -0.15) is 0 Å². The summed E-state index contributed by atoms with van der Waals surface area (Å²) in [6.07, 6.45) is 0. The Balaban J connectivity index is 2.12. The molecule has 2 N–H and O–H groups in total. The monoisotopic (exact) mass is 264 g/mol. The van der Waals surface area contributed by atoms with Gasteiger partial charge in [-0.05, 0) is 29.2 Å². The van der Waals surface area contributed by atoms with Gasteiger partial charge in [0.2, 0.25) is 0 Å². The lowest BCUT2D eigenvalue weighted by molar-refractivity contribution is -0.122. The lowest BCUT2D eigenvalue weighted by atomic mass is 9.87. The van der Waals surface area contributed by atoms with E-state index in [1.165, 1.54) is 0 Å². The number of rotatable bonds is 0. The molecular weight excluding hydrogens is 252 g/mol. The second kappa shape index (κ2) is 3.48. The highest BCUT2D eigenvalue weighted by molar-refractivity contribution is 6.13. The lowest BCUT2D eigenvalue weighted by Gasteiger charge is -2.23. The average molecular weight is 264 g/mol. The molecule has 2 aromatic carbocycles. The maximum Gasteiger partial charge on any atom is 0.322 e. The lowest BCUT2D eigenvalue weighted by Crippen LogP contribution is -2.43. The molecule has 0 radical (unpaired) electrons. The molecule has 1 fully saturated rings. The van der Waals surface area contributed by atoms with Crippen LogP contribution in [-0.4, -0.2) is 11.9 Å². The van der Waals surface area contributed by atoms with Gasteiger partial charge in [-0.3, -0.25) is 10.1 Å². The van der Waals surface area contributed by atoms with Crippen LogP contribution < -0.4 is 10.6 Å². The predicted molar refractivity (Wildman–Crippen MR) is 74.1 cm³/mol. The number of imide groups is 1. The van der Waals surface area contributed by atoms with Gasteiger partial charge >= 0.3 is 6.03 Å². The van der Waals surface area contributed by atoms with Crippen molar-refractivity contribution >= 4 is 11.9 Å². The topological polar surface area (TPSA) is 58.2 Å². The van der Waals surface area contributed by atoms with Crippen LogP contribution in [-0.2, 0) is 10.3 Å². The number of benzene rings is 2. The van der Waals surface area contributed by atoms with E-state index in [1.54, 1.807) is 0 Å². The third kappa shape index (κ3) is 1.16. The van der Waals surface area contributed by atoms with E-state index >= 15 is 0 Å². The molecule has 1 atom stereocenters. The van der Waals surface area contributed by atoms with E-state index < -0.39 is 11.6 Å². The maximum absolute atomic E-state index is 12.4. The number of aryl methyl sites for hydroxylation is 1. The number of fused-ring (bicyclic) bond motifs is 5. The second-order valence-corrected chi connectivity index (χ2v) is 5.25. The quantitative estimate of drug-likeness (QED) is 0.715. The summed E-state index contributed by atoms with van der Waals surface area (Å²) >= 11 is 0. The van der Waals surface area contributed by atoms with Gasteiger partial charge < -0.3 is 5.32 Å². The fourth-order valence-electron chi connectivity index (χ4n) is 3.23. The molecule has 1 aliphatic carbocycles. The Morgan fingerprint density at radius 3 is 2.45 bits per heavy atom. The third-order valence-corrected chi connectivity index (χ3v) is 4.07. The van der Waals surface area contributed by atoms with Crippen LogP contribution in [0.2, 0.25) is 0 Å². The first kappa shape index (κ1) is 11.2. The molecule has 2 aromatic rings. The molecule has 1 aliphatic heterocycles. The number of urea groups is 1. The predicted octanol–water partition coefficient (Wildman–Crippen LogP) is 2.06. The standard InChI is InChI=1S/C16H12N2O2/c1-9-6-7-13-11(8-9)10-4-2-3-5-12(10)16(13)14(19)17-15(20)18-16/h2-8H,1H3,(H2,17,18,19,20). The first-order valence-electron chi connectivity index (χ1n) is 6.47. The molecule has 4 nitrogen and oxygen atoms in total. The summed E-state index contributed by atoms with van der Waals surface area (Å²) in [5.74, 6) is -0.308. The normalized spacial score (nSPS) is 22.4. The van der Waals surface area contributed by atoms with Crippen LogP contribution in [0.4, 0.5) is 4.79 Å². The van der Waals surface area contributed by atoms with E-state index in [0.717, 1.165) is 27.8 Å². The van der Waals surface area contributed by atoms with E-state index in [-0.39, 0.29) is 5.91 Å². The molecule has 98 valence electrons. The van der Waals surface area contributed by atoms with Crippen LogP contribution in [0.3, 0.4) is 0 Å². The zero-order valence-corrected chi connectivity index (χ0v) is 10.9. The van der Waals surface area contributed by atoms with Crippen molar-refractivity contribution in [3.8, 4) is 11.1 Å². The fraction of sp³-hybridized carbons (Fsp3) is 0.125. The van der Waals surface area contributed by atoms with Crippen molar-refractivity contribution < 1.29 is 9.59 Å². The van der Waals surface area contributed by atoms with E-state index in [4.69, 9.17) is 0 Å².